The van der Waals surface area contributed by atoms with Gasteiger partial charge in [-0.2, -0.15) is 0 Å². The summed E-state index contributed by atoms with van der Waals surface area (Å²) in [6, 6.07) is 0. The summed E-state index contributed by atoms with van der Waals surface area (Å²) in [6.45, 7) is 4.52. The summed E-state index contributed by atoms with van der Waals surface area (Å²) in [4.78, 5) is 21.8. The van der Waals surface area contributed by atoms with Crippen LogP contribution in [0, 0.1) is 5.92 Å². The Morgan fingerprint density at radius 2 is 2.00 bits per heavy atom. The predicted octanol–water partition coefficient (Wildman–Crippen LogP) is 2.52. The van der Waals surface area contributed by atoms with E-state index in [-0.39, 0.29) is 12.3 Å². The zero-order chi connectivity index (χ0) is 13.8. The van der Waals surface area contributed by atoms with E-state index >= 15 is 0 Å². The van der Waals surface area contributed by atoms with Crippen LogP contribution < -0.4 is 5.32 Å². The maximum Gasteiger partial charge on any atom is 0.303 e. The third kappa shape index (κ3) is 9.63. The highest BCUT2D eigenvalue weighted by Crippen LogP contribution is 2.14. The molecule has 0 bridgehead atoms. The van der Waals surface area contributed by atoms with Crippen LogP contribution in [0.5, 0.6) is 0 Å². The predicted molar refractivity (Wildman–Crippen MR) is 72.2 cm³/mol. The Hall–Kier alpha value is -1.58. The number of rotatable bonds is 9. The van der Waals surface area contributed by atoms with Crippen molar-refractivity contribution >= 4 is 11.9 Å². The first-order valence-corrected chi connectivity index (χ1v) is 6.39. The van der Waals surface area contributed by atoms with E-state index in [0.29, 0.717) is 18.9 Å². The highest BCUT2D eigenvalue weighted by Gasteiger charge is 2.08. The maximum atomic E-state index is 11.3. The summed E-state index contributed by atoms with van der Waals surface area (Å²) < 4.78 is 0. The van der Waals surface area contributed by atoms with Gasteiger partial charge in [0.2, 0.25) is 5.91 Å². The van der Waals surface area contributed by atoms with Crippen molar-refractivity contribution in [3.63, 3.8) is 0 Å². The van der Waals surface area contributed by atoms with Crippen LogP contribution >= 0.6 is 0 Å². The summed E-state index contributed by atoms with van der Waals surface area (Å²) in [5, 5.41) is 11.4. The summed E-state index contributed by atoms with van der Waals surface area (Å²) in [5.41, 5.74) is 0. The monoisotopic (exact) mass is 253 g/mol. The normalized spacial score (nSPS) is 13.0. The van der Waals surface area contributed by atoms with Gasteiger partial charge in [-0.05, 0) is 25.7 Å². The summed E-state index contributed by atoms with van der Waals surface area (Å²) >= 11 is 0. The molecule has 0 aliphatic heterocycles. The van der Waals surface area contributed by atoms with E-state index in [0.717, 1.165) is 12.8 Å². The molecule has 0 fully saturated rings. The topological polar surface area (TPSA) is 66.4 Å². The maximum absolute atomic E-state index is 11.3. The van der Waals surface area contributed by atoms with Crippen LogP contribution in [0.2, 0.25) is 0 Å². The lowest BCUT2D eigenvalue weighted by Gasteiger charge is -2.13. The third-order valence-corrected chi connectivity index (χ3v) is 2.75. The Morgan fingerprint density at radius 3 is 2.56 bits per heavy atom. The van der Waals surface area contributed by atoms with Gasteiger partial charge in [0.1, 0.15) is 0 Å². The molecule has 0 aromatic carbocycles. The van der Waals surface area contributed by atoms with E-state index < -0.39 is 5.97 Å². The average molecular weight is 253 g/mol. The molecular weight excluding hydrogens is 230 g/mol. The number of aliphatic carboxylic acids is 1. The number of carboxylic acids is 1. The van der Waals surface area contributed by atoms with Crippen LogP contribution in [0.3, 0.4) is 0 Å². The van der Waals surface area contributed by atoms with E-state index in [2.05, 4.69) is 5.32 Å². The van der Waals surface area contributed by atoms with Gasteiger partial charge < -0.3 is 10.4 Å². The van der Waals surface area contributed by atoms with Gasteiger partial charge in [0.25, 0.3) is 0 Å². The van der Waals surface area contributed by atoms with Crippen LogP contribution in [0.4, 0.5) is 0 Å². The van der Waals surface area contributed by atoms with Crippen molar-refractivity contribution in [2.24, 2.45) is 5.92 Å². The molecular formula is C14H23NO3. The molecule has 18 heavy (non-hydrogen) atoms. The average Bonchev–Trinajstić information content (AvgIpc) is 2.33. The van der Waals surface area contributed by atoms with Gasteiger partial charge in [0, 0.05) is 19.0 Å². The standard InChI is InChI=1S/C14H23NO3/c1-3-5-6-7-13(16)15-11-10-12(4-2)8-9-14(17)18/h3,5-7,12H,4,8-11H2,1-2H3,(H,15,16)(H,17,18). The van der Waals surface area contributed by atoms with E-state index in [1.807, 2.05) is 19.9 Å². The van der Waals surface area contributed by atoms with Gasteiger partial charge in [-0.1, -0.05) is 31.6 Å². The summed E-state index contributed by atoms with van der Waals surface area (Å²) in [5.74, 6) is -0.506. The van der Waals surface area contributed by atoms with Crippen LogP contribution in [-0.4, -0.2) is 23.5 Å². The SMILES string of the molecule is CC=CC=CC(=O)NCCC(CC)CCC(=O)O. The molecule has 0 aliphatic carbocycles. The molecule has 0 saturated carbocycles. The third-order valence-electron chi connectivity index (χ3n) is 2.75. The van der Waals surface area contributed by atoms with E-state index in [1.165, 1.54) is 6.08 Å². The van der Waals surface area contributed by atoms with Crippen LogP contribution in [0.15, 0.2) is 24.3 Å². The van der Waals surface area contributed by atoms with Crippen molar-refractivity contribution in [1.82, 2.24) is 5.32 Å². The van der Waals surface area contributed by atoms with E-state index in [4.69, 9.17) is 5.11 Å². The van der Waals surface area contributed by atoms with Gasteiger partial charge in [0.15, 0.2) is 0 Å². The van der Waals surface area contributed by atoms with Crippen LogP contribution in [0.1, 0.15) is 39.5 Å². The molecule has 4 heteroatoms. The second kappa shape index (κ2) is 10.6. The van der Waals surface area contributed by atoms with Crippen molar-refractivity contribution in [2.75, 3.05) is 6.54 Å². The molecule has 0 aliphatic rings. The zero-order valence-electron chi connectivity index (χ0n) is 11.2. The minimum atomic E-state index is -0.758. The lowest BCUT2D eigenvalue weighted by molar-refractivity contribution is -0.137. The van der Waals surface area contributed by atoms with Gasteiger partial charge in [-0.25, -0.2) is 0 Å². The molecule has 4 nitrogen and oxygen atoms in total. The van der Waals surface area contributed by atoms with Gasteiger partial charge in [-0.3, -0.25) is 9.59 Å². The molecule has 0 saturated heterocycles. The Balaban J connectivity index is 3.79. The smallest absolute Gasteiger partial charge is 0.303 e. The molecule has 1 unspecified atom stereocenters. The van der Waals surface area contributed by atoms with Gasteiger partial charge in [-0.15, -0.1) is 0 Å². The molecule has 0 aromatic heterocycles. The Bertz CT molecular complexity index is 308. The lowest BCUT2D eigenvalue weighted by atomic mass is 9.97. The fourth-order valence-electron chi connectivity index (χ4n) is 1.59. The van der Waals surface area contributed by atoms with Crippen molar-refractivity contribution in [2.45, 2.75) is 39.5 Å². The molecule has 2 N–H and O–H groups in total. The van der Waals surface area contributed by atoms with Gasteiger partial charge in [0.05, 0.1) is 0 Å². The molecule has 102 valence electrons. The van der Waals surface area contributed by atoms with Crippen LogP contribution in [0.25, 0.3) is 0 Å². The van der Waals surface area contributed by atoms with Crippen molar-refractivity contribution < 1.29 is 14.7 Å². The number of hydrogen-bond donors (Lipinski definition) is 2. The van der Waals surface area contributed by atoms with Crippen molar-refractivity contribution in [1.29, 1.82) is 0 Å². The molecule has 0 aromatic rings. The van der Waals surface area contributed by atoms with Gasteiger partial charge >= 0.3 is 5.97 Å². The number of nitrogens with one attached hydrogen (secondary N) is 1. The van der Waals surface area contributed by atoms with Crippen LogP contribution in [-0.2, 0) is 9.59 Å². The second-order valence-electron chi connectivity index (χ2n) is 4.17. The Kier molecular flexibility index (Phi) is 9.64. The fourth-order valence-corrected chi connectivity index (χ4v) is 1.59. The molecule has 1 amide bonds. The highest BCUT2D eigenvalue weighted by molar-refractivity contribution is 5.87. The quantitative estimate of drug-likeness (QED) is 0.490. The second-order valence-corrected chi connectivity index (χ2v) is 4.17. The molecule has 0 rings (SSSR count). The zero-order valence-corrected chi connectivity index (χ0v) is 11.2. The Labute approximate surface area is 109 Å². The van der Waals surface area contributed by atoms with Crippen molar-refractivity contribution in [3.05, 3.63) is 24.3 Å². The molecule has 0 spiro atoms. The minimum absolute atomic E-state index is 0.110. The first kappa shape index (κ1) is 16.4. The van der Waals surface area contributed by atoms with E-state index in [9.17, 15) is 9.59 Å². The largest absolute Gasteiger partial charge is 0.481 e. The number of carbonyl (C=O) groups is 2. The molecule has 0 heterocycles. The van der Waals surface area contributed by atoms with Crippen molar-refractivity contribution in [3.8, 4) is 0 Å². The highest BCUT2D eigenvalue weighted by atomic mass is 16.4. The van der Waals surface area contributed by atoms with E-state index in [1.54, 1.807) is 12.2 Å². The summed E-state index contributed by atoms with van der Waals surface area (Å²) in [6.07, 6.45) is 9.47. The molecule has 0 radical (unpaired) electrons. The number of hydrogen-bond acceptors (Lipinski definition) is 2. The Morgan fingerprint density at radius 1 is 1.28 bits per heavy atom. The summed E-state index contributed by atoms with van der Waals surface area (Å²) in [7, 11) is 0. The first-order chi connectivity index (χ1) is 8.60. The number of amides is 1. The first-order valence-electron chi connectivity index (χ1n) is 6.39. The lowest BCUT2D eigenvalue weighted by Crippen LogP contribution is -2.24. The number of carbonyl (C=O) groups excluding carboxylic acids is 1. The molecule has 1 atom stereocenters. The fraction of sp³-hybridized carbons (Fsp3) is 0.571. The number of allylic oxidation sites excluding steroid dienone is 3. The minimum Gasteiger partial charge on any atom is -0.481 e. The number of carboxylic acid groups (broad SMARTS) is 1.